The van der Waals surface area contributed by atoms with Crippen LogP contribution in [-0.2, 0) is 4.79 Å². The van der Waals surface area contributed by atoms with Crippen molar-refractivity contribution in [2.45, 2.75) is 12.8 Å². The lowest BCUT2D eigenvalue weighted by molar-refractivity contribution is -0.137. The van der Waals surface area contributed by atoms with Crippen LogP contribution in [-0.4, -0.2) is 79.0 Å². The summed E-state index contributed by atoms with van der Waals surface area (Å²) in [6.07, 6.45) is 2.12. The van der Waals surface area contributed by atoms with Crippen molar-refractivity contribution in [1.29, 1.82) is 0 Å². The van der Waals surface area contributed by atoms with Gasteiger partial charge in [-0.15, -0.1) is 10.2 Å². The van der Waals surface area contributed by atoms with Gasteiger partial charge in [-0.1, -0.05) is 0 Å². The van der Waals surface area contributed by atoms with Gasteiger partial charge in [0.1, 0.15) is 0 Å². The smallest absolute Gasteiger partial charge is 0.231 e. The summed E-state index contributed by atoms with van der Waals surface area (Å²) in [5.74, 6) is 2.81. The van der Waals surface area contributed by atoms with E-state index < -0.39 is 0 Å². The van der Waals surface area contributed by atoms with E-state index >= 15 is 0 Å². The number of anilines is 1. The van der Waals surface area contributed by atoms with E-state index in [0.29, 0.717) is 5.91 Å². The van der Waals surface area contributed by atoms with Gasteiger partial charge in [0.05, 0.1) is 11.6 Å². The van der Waals surface area contributed by atoms with Gasteiger partial charge in [0.2, 0.25) is 12.7 Å². The molecular weight excluding hydrogens is 382 g/mol. The summed E-state index contributed by atoms with van der Waals surface area (Å²) in [5, 5.41) is 8.85. The molecule has 1 amide bonds. The van der Waals surface area contributed by atoms with Gasteiger partial charge >= 0.3 is 0 Å². The molecule has 0 saturated carbocycles. The van der Waals surface area contributed by atoms with Gasteiger partial charge in [0, 0.05) is 38.3 Å². The Morgan fingerprint density at radius 3 is 2.60 bits per heavy atom. The van der Waals surface area contributed by atoms with Gasteiger partial charge in [0.15, 0.2) is 17.3 Å². The van der Waals surface area contributed by atoms with Gasteiger partial charge in [-0.2, -0.15) is 0 Å². The van der Waals surface area contributed by atoms with Crippen LogP contribution < -0.4 is 14.4 Å². The second kappa shape index (κ2) is 8.10. The van der Waals surface area contributed by atoms with E-state index in [-0.39, 0.29) is 12.7 Å². The summed E-state index contributed by atoms with van der Waals surface area (Å²) in [6, 6.07) is 9.77. The average Bonchev–Trinajstić information content (AvgIpc) is 3.27. The molecule has 0 radical (unpaired) electrons. The van der Waals surface area contributed by atoms with Gasteiger partial charge in [0.25, 0.3) is 0 Å². The summed E-state index contributed by atoms with van der Waals surface area (Å²) in [5.41, 5.74) is 1.75. The number of amides is 1. The van der Waals surface area contributed by atoms with E-state index in [1.165, 1.54) is 0 Å². The molecule has 1 unspecified atom stereocenters. The number of carbonyl (C=O) groups excluding carboxylic acids is 1. The summed E-state index contributed by atoms with van der Waals surface area (Å²) in [7, 11) is 2.10. The van der Waals surface area contributed by atoms with Gasteiger partial charge in [-0.3, -0.25) is 4.79 Å². The Labute approximate surface area is 176 Å². The van der Waals surface area contributed by atoms with Crippen LogP contribution in [0.4, 0.5) is 5.82 Å². The molecule has 158 valence electrons. The molecule has 4 heterocycles. The van der Waals surface area contributed by atoms with E-state index in [4.69, 9.17) is 9.47 Å². The Kier molecular flexibility index (Phi) is 5.16. The Bertz CT molecular complexity index is 911. The predicted octanol–water partition coefficient (Wildman–Crippen LogP) is 1.86. The number of hydrogen-bond donors (Lipinski definition) is 0. The number of likely N-dealkylation sites (tertiary alicyclic amines) is 1. The summed E-state index contributed by atoms with van der Waals surface area (Å²) in [4.78, 5) is 19.3. The number of nitrogens with zero attached hydrogens (tertiary/aromatic N) is 5. The highest BCUT2D eigenvalue weighted by atomic mass is 16.7. The van der Waals surface area contributed by atoms with Gasteiger partial charge < -0.3 is 24.2 Å². The van der Waals surface area contributed by atoms with Crippen LogP contribution >= 0.6 is 0 Å². The molecular formula is C22H27N5O3. The largest absolute Gasteiger partial charge is 0.454 e. The number of hydrogen-bond acceptors (Lipinski definition) is 7. The number of fused-ring (bicyclic) bond motifs is 1. The van der Waals surface area contributed by atoms with Crippen LogP contribution in [0.1, 0.15) is 12.8 Å². The van der Waals surface area contributed by atoms with Crippen molar-refractivity contribution in [2.24, 2.45) is 5.92 Å². The molecule has 2 saturated heterocycles. The standard InChI is InChI=1S/C22H27N5O3/c1-25-8-2-3-17(14-25)22(28)27-11-9-26(10-12-27)21-7-5-18(23-24-21)16-4-6-19-20(13-16)30-15-29-19/h4-7,13,17H,2-3,8-12,14-15H2,1H3. The quantitative estimate of drug-likeness (QED) is 0.766. The maximum atomic E-state index is 12.9. The number of carbonyl (C=O) groups is 1. The van der Waals surface area contributed by atoms with Crippen LogP contribution in [0, 0.1) is 5.92 Å². The van der Waals surface area contributed by atoms with Crippen molar-refractivity contribution in [1.82, 2.24) is 20.0 Å². The molecule has 3 aliphatic heterocycles. The first-order valence-electron chi connectivity index (χ1n) is 10.6. The maximum Gasteiger partial charge on any atom is 0.231 e. The third-order valence-electron chi connectivity index (χ3n) is 6.21. The highest BCUT2D eigenvalue weighted by Gasteiger charge is 2.30. The minimum Gasteiger partial charge on any atom is -0.454 e. The Morgan fingerprint density at radius 1 is 1.00 bits per heavy atom. The second-order valence-electron chi connectivity index (χ2n) is 8.26. The highest BCUT2D eigenvalue weighted by Crippen LogP contribution is 2.35. The fourth-order valence-electron chi connectivity index (χ4n) is 4.49. The minimum atomic E-state index is 0.149. The van der Waals surface area contributed by atoms with Crippen molar-refractivity contribution in [3.63, 3.8) is 0 Å². The maximum absolute atomic E-state index is 12.9. The van der Waals surface area contributed by atoms with Crippen molar-refractivity contribution in [2.75, 3.05) is 58.0 Å². The van der Waals surface area contributed by atoms with E-state index in [0.717, 1.165) is 80.7 Å². The van der Waals surface area contributed by atoms with Crippen LogP contribution in [0.5, 0.6) is 11.5 Å². The number of rotatable bonds is 3. The minimum absolute atomic E-state index is 0.149. The molecule has 0 bridgehead atoms. The molecule has 8 nitrogen and oxygen atoms in total. The number of aromatic nitrogens is 2. The van der Waals surface area contributed by atoms with Crippen molar-refractivity contribution in [3.8, 4) is 22.8 Å². The summed E-state index contributed by atoms with van der Waals surface area (Å²) in [6.45, 7) is 5.29. The van der Waals surface area contributed by atoms with Crippen LogP contribution in [0.25, 0.3) is 11.3 Å². The number of piperidine rings is 1. The zero-order chi connectivity index (χ0) is 20.5. The first kappa shape index (κ1) is 19.1. The zero-order valence-corrected chi connectivity index (χ0v) is 17.3. The Balaban J connectivity index is 1.20. The molecule has 0 aliphatic carbocycles. The number of benzene rings is 1. The molecule has 5 rings (SSSR count). The first-order chi connectivity index (χ1) is 14.7. The van der Waals surface area contributed by atoms with E-state index in [2.05, 4.69) is 27.0 Å². The fraction of sp³-hybridized carbons (Fsp3) is 0.500. The summed E-state index contributed by atoms with van der Waals surface area (Å²) >= 11 is 0. The van der Waals surface area contributed by atoms with Gasteiger partial charge in [-0.05, 0) is 56.8 Å². The van der Waals surface area contributed by atoms with Crippen LogP contribution in [0.2, 0.25) is 0 Å². The topological polar surface area (TPSA) is 71.0 Å². The Hall–Kier alpha value is -2.87. The monoisotopic (exact) mass is 409 g/mol. The predicted molar refractivity (Wildman–Crippen MR) is 113 cm³/mol. The normalized spacial score (nSPS) is 21.7. The lowest BCUT2D eigenvalue weighted by Gasteiger charge is -2.38. The van der Waals surface area contributed by atoms with Crippen molar-refractivity contribution < 1.29 is 14.3 Å². The summed E-state index contributed by atoms with van der Waals surface area (Å²) < 4.78 is 10.8. The Morgan fingerprint density at radius 2 is 1.83 bits per heavy atom. The first-order valence-corrected chi connectivity index (χ1v) is 10.6. The van der Waals surface area contributed by atoms with E-state index in [9.17, 15) is 4.79 Å². The zero-order valence-electron chi connectivity index (χ0n) is 17.3. The molecule has 8 heteroatoms. The molecule has 30 heavy (non-hydrogen) atoms. The molecule has 2 fully saturated rings. The molecule has 1 aromatic carbocycles. The second-order valence-corrected chi connectivity index (χ2v) is 8.26. The number of piperazine rings is 1. The lowest BCUT2D eigenvalue weighted by Crippen LogP contribution is -2.52. The lowest BCUT2D eigenvalue weighted by atomic mass is 9.96. The SMILES string of the molecule is CN1CCCC(C(=O)N2CCN(c3ccc(-c4ccc5c(c4)OCO5)nn3)CC2)C1. The average molecular weight is 409 g/mol. The molecule has 1 atom stereocenters. The molecule has 0 N–H and O–H groups in total. The molecule has 3 aliphatic rings. The highest BCUT2D eigenvalue weighted by molar-refractivity contribution is 5.79. The fourth-order valence-corrected chi connectivity index (χ4v) is 4.49. The number of ether oxygens (including phenoxy) is 2. The van der Waals surface area contributed by atoms with E-state index in [1.54, 1.807) is 0 Å². The van der Waals surface area contributed by atoms with Crippen molar-refractivity contribution >= 4 is 11.7 Å². The third-order valence-corrected chi connectivity index (χ3v) is 6.21. The molecule has 0 spiro atoms. The van der Waals surface area contributed by atoms with Gasteiger partial charge in [-0.25, -0.2) is 0 Å². The molecule has 1 aromatic heterocycles. The van der Waals surface area contributed by atoms with Crippen LogP contribution in [0.15, 0.2) is 30.3 Å². The van der Waals surface area contributed by atoms with E-state index in [1.807, 2.05) is 35.2 Å². The third kappa shape index (κ3) is 3.79. The molecule has 2 aromatic rings. The van der Waals surface area contributed by atoms with Crippen LogP contribution in [0.3, 0.4) is 0 Å². The van der Waals surface area contributed by atoms with Crippen molar-refractivity contribution in [3.05, 3.63) is 30.3 Å².